The van der Waals surface area contributed by atoms with Crippen molar-refractivity contribution in [2.24, 2.45) is 17.8 Å². The maximum atomic E-state index is 3.55. The van der Waals surface area contributed by atoms with E-state index in [9.17, 15) is 0 Å². The molecule has 2 heterocycles. The van der Waals surface area contributed by atoms with E-state index in [1.807, 2.05) is 0 Å². The van der Waals surface area contributed by atoms with Gasteiger partial charge in [0.1, 0.15) is 0 Å². The second-order valence-electron chi connectivity index (χ2n) is 5.46. The van der Waals surface area contributed by atoms with Crippen LogP contribution in [0.15, 0.2) is 0 Å². The van der Waals surface area contributed by atoms with Crippen molar-refractivity contribution in [3.05, 3.63) is 0 Å². The lowest BCUT2D eigenvalue weighted by Crippen LogP contribution is -2.36. The quantitative estimate of drug-likeness (QED) is 0.729. The molecular weight excluding hydrogens is 172 g/mol. The number of hydrogen-bond donors (Lipinski definition) is 1. The highest BCUT2D eigenvalue weighted by atomic mass is 15.2. The van der Waals surface area contributed by atoms with Crippen LogP contribution >= 0.6 is 0 Å². The molecule has 3 fully saturated rings. The van der Waals surface area contributed by atoms with Crippen molar-refractivity contribution in [1.29, 1.82) is 0 Å². The van der Waals surface area contributed by atoms with Crippen molar-refractivity contribution in [2.45, 2.75) is 32.2 Å². The summed E-state index contributed by atoms with van der Waals surface area (Å²) in [6.45, 7) is 7.72. The Balaban J connectivity index is 1.66. The first kappa shape index (κ1) is 9.17. The van der Waals surface area contributed by atoms with E-state index in [1.54, 1.807) is 0 Å². The average Bonchev–Trinajstić information content (AvgIpc) is 2.74. The van der Waals surface area contributed by atoms with Crippen molar-refractivity contribution in [2.75, 3.05) is 26.2 Å². The van der Waals surface area contributed by atoms with Crippen LogP contribution in [-0.4, -0.2) is 37.1 Å². The second-order valence-corrected chi connectivity index (χ2v) is 5.46. The van der Waals surface area contributed by atoms with Gasteiger partial charge in [-0.15, -0.1) is 0 Å². The van der Waals surface area contributed by atoms with Crippen LogP contribution in [0, 0.1) is 17.8 Å². The summed E-state index contributed by atoms with van der Waals surface area (Å²) in [5, 5.41) is 3.55. The molecule has 0 aromatic rings. The molecule has 2 nitrogen and oxygen atoms in total. The Morgan fingerprint density at radius 1 is 1.29 bits per heavy atom. The van der Waals surface area contributed by atoms with E-state index in [4.69, 9.17) is 0 Å². The number of hydrogen-bond acceptors (Lipinski definition) is 2. The van der Waals surface area contributed by atoms with Gasteiger partial charge in [0.2, 0.25) is 0 Å². The Morgan fingerprint density at radius 3 is 2.86 bits per heavy atom. The van der Waals surface area contributed by atoms with Crippen LogP contribution in [0.4, 0.5) is 0 Å². The standard InChI is InChI=1S/C12H22N2/c1-2-12-11-6-13-5-10(11)8-14(12)7-9-3-4-9/h9-13H,2-8H2,1H3. The topological polar surface area (TPSA) is 15.3 Å². The van der Waals surface area contributed by atoms with Crippen LogP contribution in [0.25, 0.3) is 0 Å². The normalized spacial score (nSPS) is 43.1. The summed E-state index contributed by atoms with van der Waals surface area (Å²) in [5.41, 5.74) is 0. The highest BCUT2D eigenvalue weighted by molar-refractivity contribution is 4.99. The molecule has 3 unspecified atom stereocenters. The predicted octanol–water partition coefficient (Wildman–Crippen LogP) is 1.33. The molecule has 0 bridgehead atoms. The number of likely N-dealkylation sites (tertiary alicyclic amines) is 1. The van der Waals surface area contributed by atoms with E-state index in [1.165, 1.54) is 45.4 Å². The van der Waals surface area contributed by atoms with Gasteiger partial charge in [-0.2, -0.15) is 0 Å². The van der Waals surface area contributed by atoms with Gasteiger partial charge < -0.3 is 5.32 Å². The summed E-state index contributed by atoms with van der Waals surface area (Å²) < 4.78 is 0. The third-order valence-electron chi connectivity index (χ3n) is 4.43. The molecule has 2 aliphatic heterocycles. The number of rotatable bonds is 3. The molecule has 80 valence electrons. The molecule has 3 rings (SSSR count). The van der Waals surface area contributed by atoms with Gasteiger partial charge in [-0.25, -0.2) is 0 Å². The fourth-order valence-corrected chi connectivity index (χ4v) is 3.51. The van der Waals surface area contributed by atoms with E-state index in [2.05, 4.69) is 17.1 Å². The van der Waals surface area contributed by atoms with Crippen LogP contribution in [0.2, 0.25) is 0 Å². The zero-order chi connectivity index (χ0) is 9.54. The van der Waals surface area contributed by atoms with Gasteiger partial charge in [-0.1, -0.05) is 6.92 Å². The molecule has 1 saturated carbocycles. The number of fused-ring (bicyclic) bond motifs is 1. The minimum atomic E-state index is 0.899. The fraction of sp³-hybridized carbons (Fsp3) is 1.00. The molecule has 2 heteroatoms. The van der Waals surface area contributed by atoms with E-state index in [0.29, 0.717) is 0 Å². The first-order valence-corrected chi connectivity index (χ1v) is 6.33. The molecule has 2 saturated heterocycles. The lowest BCUT2D eigenvalue weighted by molar-refractivity contribution is 0.210. The van der Waals surface area contributed by atoms with Crippen LogP contribution in [-0.2, 0) is 0 Å². The monoisotopic (exact) mass is 194 g/mol. The summed E-state index contributed by atoms with van der Waals surface area (Å²) in [5.74, 6) is 3.01. The molecule has 3 atom stereocenters. The van der Waals surface area contributed by atoms with Crippen molar-refractivity contribution < 1.29 is 0 Å². The maximum absolute atomic E-state index is 3.55. The third kappa shape index (κ3) is 1.49. The molecule has 3 aliphatic rings. The Kier molecular flexibility index (Phi) is 2.29. The summed E-state index contributed by atoms with van der Waals surface area (Å²) >= 11 is 0. The van der Waals surface area contributed by atoms with Crippen LogP contribution in [0.3, 0.4) is 0 Å². The molecular formula is C12H22N2. The second kappa shape index (κ2) is 3.49. The van der Waals surface area contributed by atoms with Crippen molar-refractivity contribution >= 4 is 0 Å². The van der Waals surface area contributed by atoms with Gasteiger partial charge in [0, 0.05) is 19.1 Å². The molecule has 1 aliphatic carbocycles. The smallest absolute Gasteiger partial charge is 0.0137 e. The summed E-state index contributed by atoms with van der Waals surface area (Å²) in [4.78, 5) is 2.80. The van der Waals surface area contributed by atoms with E-state index in [0.717, 1.165) is 23.8 Å². The molecule has 0 spiro atoms. The average molecular weight is 194 g/mol. The molecule has 1 N–H and O–H groups in total. The van der Waals surface area contributed by atoms with Gasteiger partial charge in [0.05, 0.1) is 0 Å². The first-order chi connectivity index (χ1) is 6.88. The number of nitrogens with one attached hydrogen (secondary N) is 1. The van der Waals surface area contributed by atoms with Gasteiger partial charge in [-0.3, -0.25) is 4.90 Å². The van der Waals surface area contributed by atoms with Gasteiger partial charge >= 0.3 is 0 Å². The zero-order valence-electron chi connectivity index (χ0n) is 9.21. The Bertz CT molecular complexity index is 212. The predicted molar refractivity (Wildman–Crippen MR) is 58.2 cm³/mol. The molecule has 0 radical (unpaired) electrons. The summed E-state index contributed by atoms with van der Waals surface area (Å²) in [6.07, 6.45) is 4.36. The molecule has 14 heavy (non-hydrogen) atoms. The van der Waals surface area contributed by atoms with Crippen molar-refractivity contribution in [1.82, 2.24) is 10.2 Å². The summed E-state index contributed by atoms with van der Waals surface area (Å²) in [7, 11) is 0. The Hall–Kier alpha value is -0.0800. The minimum absolute atomic E-state index is 0.899. The molecule has 0 aromatic heterocycles. The van der Waals surface area contributed by atoms with Gasteiger partial charge in [0.15, 0.2) is 0 Å². The molecule has 0 aromatic carbocycles. The minimum Gasteiger partial charge on any atom is -0.316 e. The Morgan fingerprint density at radius 2 is 2.14 bits per heavy atom. The SMILES string of the molecule is CCC1C2CNCC2CN1CC1CC1. The van der Waals surface area contributed by atoms with Crippen LogP contribution in [0.5, 0.6) is 0 Å². The Labute approximate surface area is 87.0 Å². The largest absolute Gasteiger partial charge is 0.316 e. The van der Waals surface area contributed by atoms with Crippen molar-refractivity contribution in [3.8, 4) is 0 Å². The lowest BCUT2D eigenvalue weighted by Gasteiger charge is -2.26. The number of nitrogens with zero attached hydrogens (tertiary/aromatic N) is 1. The highest BCUT2D eigenvalue weighted by Gasteiger charge is 2.44. The van der Waals surface area contributed by atoms with Crippen LogP contribution in [0.1, 0.15) is 26.2 Å². The zero-order valence-corrected chi connectivity index (χ0v) is 9.21. The van der Waals surface area contributed by atoms with E-state index in [-0.39, 0.29) is 0 Å². The van der Waals surface area contributed by atoms with Gasteiger partial charge in [0.25, 0.3) is 0 Å². The van der Waals surface area contributed by atoms with E-state index < -0.39 is 0 Å². The fourth-order valence-electron chi connectivity index (χ4n) is 3.51. The van der Waals surface area contributed by atoms with Gasteiger partial charge in [-0.05, 0) is 50.1 Å². The lowest BCUT2D eigenvalue weighted by atomic mass is 9.93. The van der Waals surface area contributed by atoms with Crippen LogP contribution < -0.4 is 5.32 Å². The van der Waals surface area contributed by atoms with Crippen molar-refractivity contribution in [3.63, 3.8) is 0 Å². The summed E-state index contributed by atoms with van der Waals surface area (Å²) in [6, 6.07) is 0.899. The first-order valence-electron chi connectivity index (χ1n) is 6.33. The van der Waals surface area contributed by atoms with E-state index >= 15 is 0 Å². The maximum Gasteiger partial charge on any atom is 0.0137 e. The highest BCUT2D eigenvalue weighted by Crippen LogP contribution is 2.38. The third-order valence-corrected chi connectivity index (χ3v) is 4.43. The molecule has 0 amide bonds.